The van der Waals surface area contributed by atoms with Crippen LogP contribution in [0.1, 0.15) is 20.8 Å². The van der Waals surface area contributed by atoms with Crippen molar-refractivity contribution in [2.24, 2.45) is 0 Å². The molecule has 0 aliphatic rings. The van der Waals surface area contributed by atoms with Crippen LogP contribution in [0.2, 0.25) is 18.1 Å². The predicted octanol–water partition coefficient (Wildman–Crippen LogP) is 7.20. The zero-order valence-corrected chi connectivity index (χ0v) is 17.3. The Balaban J connectivity index is 2.21. The first-order valence-electron chi connectivity index (χ1n) is 9.13. The van der Waals surface area contributed by atoms with Gasteiger partial charge in [0.25, 0.3) is 8.32 Å². The molecule has 3 rings (SSSR count). The molecule has 133 valence electrons. The summed E-state index contributed by atoms with van der Waals surface area (Å²) in [5.74, 6) is 0.979. The third-order valence-corrected chi connectivity index (χ3v) is 9.60. The van der Waals surface area contributed by atoms with Gasteiger partial charge in [0.1, 0.15) is 5.75 Å². The highest BCUT2D eigenvalue weighted by Gasteiger charge is 2.40. The second-order valence-electron chi connectivity index (χ2n) is 8.21. The van der Waals surface area contributed by atoms with Crippen molar-refractivity contribution < 1.29 is 4.43 Å². The molecule has 0 aliphatic carbocycles. The van der Waals surface area contributed by atoms with Gasteiger partial charge >= 0.3 is 0 Å². The summed E-state index contributed by atoms with van der Waals surface area (Å²) in [5.41, 5.74) is 4.54. The Morgan fingerprint density at radius 3 is 1.54 bits per heavy atom. The lowest BCUT2D eigenvalue weighted by molar-refractivity contribution is 0.495. The van der Waals surface area contributed by atoms with Crippen molar-refractivity contribution in [3.8, 4) is 28.0 Å². The van der Waals surface area contributed by atoms with Gasteiger partial charge in [-0.25, -0.2) is 0 Å². The summed E-state index contributed by atoms with van der Waals surface area (Å²) in [7, 11) is -1.99. The normalized spacial score (nSPS) is 12.0. The Hall–Kier alpha value is -2.32. The van der Waals surface area contributed by atoms with E-state index in [-0.39, 0.29) is 5.04 Å². The Kier molecular flexibility index (Phi) is 5.06. The van der Waals surface area contributed by atoms with Crippen molar-refractivity contribution in [1.82, 2.24) is 0 Å². The maximum atomic E-state index is 6.86. The number of benzene rings is 3. The molecule has 0 saturated carbocycles. The highest BCUT2D eigenvalue weighted by molar-refractivity contribution is 6.74. The van der Waals surface area contributed by atoms with Crippen LogP contribution in [-0.2, 0) is 0 Å². The van der Waals surface area contributed by atoms with Gasteiger partial charge in [0.05, 0.1) is 0 Å². The summed E-state index contributed by atoms with van der Waals surface area (Å²) in [5, 5.41) is 0.133. The van der Waals surface area contributed by atoms with Gasteiger partial charge in [0, 0.05) is 11.1 Å². The molecule has 2 heteroatoms. The van der Waals surface area contributed by atoms with Crippen LogP contribution in [-0.4, -0.2) is 8.32 Å². The molecule has 0 atom stereocenters. The highest BCUT2D eigenvalue weighted by atomic mass is 28.4. The second kappa shape index (κ2) is 7.12. The monoisotopic (exact) mass is 359 g/mol. The van der Waals surface area contributed by atoms with E-state index >= 15 is 0 Å². The lowest BCUT2D eigenvalue weighted by atomic mass is 9.97. The molecule has 1 nitrogen and oxygen atoms in total. The Morgan fingerprint density at radius 1 is 0.731 bits per heavy atom. The number of hydrogen-bond acceptors (Lipinski definition) is 1. The standard InChI is InChI=1S/C24H27OSi/c1-24(2,3)26(4,5)25-23-21(19-13-8-6-9-14-19)17-12-18-22(23)20-15-10-7-11-16-20/h6-11,13-18H,1-5H3. The minimum Gasteiger partial charge on any atom is -0.543 e. The van der Waals surface area contributed by atoms with Crippen LogP contribution in [0.5, 0.6) is 5.75 Å². The molecule has 0 spiro atoms. The van der Waals surface area contributed by atoms with Crippen LogP contribution in [0, 0.1) is 6.07 Å². The molecule has 0 bridgehead atoms. The zero-order valence-electron chi connectivity index (χ0n) is 16.3. The molecule has 3 aromatic rings. The third kappa shape index (κ3) is 3.76. The predicted molar refractivity (Wildman–Crippen MR) is 114 cm³/mol. The fourth-order valence-corrected chi connectivity index (χ4v) is 3.70. The number of hydrogen-bond donors (Lipinski definition) is 0. The van der Waals surface area contributed by atoms with E-state index in [9.17, 15) is 0 Å². The lowest BCUT2D eigenvalue weighted by Gasteiger charge is -2.37. The van der Waals surface area contributed by atoms with Gasteiger partial charge in [0.2, 0.25) is 0 Å². The van der Waals surface area contributed by atoms with Gasteiger partial charge < -0.3 is 4.43 Å². The summed E-state index contributed by atoms with van der Waals surface area (Å²) in [6, 6.07) is 28.3. The van der Waals surface area contributed by atoms with E-state index in [1.807, 2.05) is 24.3 Å². The van der Waals surface area contributed by atoms with Gasteiger partial charge in [-0.1, -0.05) is 81.4 Å². The lowest BCUT2D eigenvalue weighted by Crippen LogP contribution is -2.44. The molecule has 0 heterocycles. The van der Waals surface area contributed by atoms with Gasteiger partial charge in [-0.2, -0.15) is 0 Å². The van der Waals surface area contributed by atoms with E-state index in [0.717, 1.165) is 28.0 Å². The maximum Gasteiger partial charge on any atom is 0.250 e. The average Bonchev–Trinajstić information content (AvgIpc) is 2.62. The summed E-state index contributed by atoms with van der Waals surface area (Å²) in [4.78, 5) is 0. The Labute approximate surface area is 158 Å². The summed E-state index contributed by atoms with van der Waals surface area (Å²) >= 11 is 0. The molecule has 0 amide bonds. The molecule has 3 aromatic carbocycles. The molecule has 0 aromatic heterocycles. The molecular weight excluding hydrogens is 332 g/mol. The zero-order chi connectivity index (χ0) is 18.8. The van der Waals surface area contributed by atoms with Gasteiger partial charge in [-0.05, 0) is 47.5 Å². The van der Waals surface area contributed by atoms with Crippen LogP contribution >= 0.6 is 0 Å². The number of rotatable bonds is 4. The molecule has 0 N–H and O–H groups in total. The molecular formula is C24H27OSi. The first-order valence-corrected chi connectivity index (χ1v) is 12.0. The fourth-order valence-electron chi connectivity index (χ4n) is 2.67. The van der Waals surface area contributed by atoms with Crippen molar-refractivity contribution in [1.29, 1.82) is 0 Å². The smallest absolute Gasteiger partial charge is 0.250 e. The van der Waals surface area contributed by atoms with Crippen molar-refractivity contribution in [2.45, 2.75) is 38.9 Å². The second-order valence-corrected chi connectivity index (χ2v) is 12.9. The Bertz CT molecular complexity index is 804. The van der Waals surface area contributed by atoms with Gasteiger partial charge in [0.15, 0.2) is 0 Å². The fraction of sp³-hybridized carbons (Fsp3) is 0.250. The van der Waals surface area contributed by atoms with Crippen LogP contribution < -0.4 is 4.43 Å². The third-order valence-electron chi connectivity index (χ3n) is 5.28. The first kappa shape index (κ1) is 18.5. The van der Waals surface area contributed by atoms with E-state index in [1.165, 1.54) is 0 Å². The summed E-state index contributed by atoms with van der Waals surface area (Å²) < 4.78 is 6.86. The molecule has 0 saturated heterocycles. The van der Waals surface area contributed by atoms with E-state index < -0.39 is 8.32 Å². The minimum absolute atomic E-state index is 0.133. The Morgan fingerprint density at radius 2 is 1.15 bits per heavy atom. The largest absolute Gasteiger partial charge is 0.543 e. The highest BCUT2D eigenvalue weighted by Crippen LogP contribution is 2.44. The molecule has 26 heavy (non-hydrogen) atoms. The average molecular weight is 360 g/mol. The quantitative estimate of drug-likeness (QED) is 0.447. The first-order chi connectivity index (χ1) is 12.3. The van der Waals surface area contributed by atoms with Crippen molar-refractivity contribution in [3.05, 3.63) is 78.9 Å². The molecule has 0 aliphatic heterocycles. The van der Waals surface area contributed by atoms with E-state index in [0.29, 0.717) is 0 Å². The van der Waals surface area contributed by atoms with Crippen molar-refractivity contribution in [3.63, 3.8) is 0 Å². The molecule has 0 fully saturated rings. The van der Waals surface area contributed by atoms with Crippen LogP contribution in [0.25, 0.3) is 22.3 Å². The maximum absolute atomic E-state index is 6.86. The van der Waals surface area contributed by atoms with Crippen molar-refractivity contribution >= 4 is 8.32 Å². The molecule has 0 unspecified atom stereocenters. The van der Waals surface area contributed by atoms with Crippen LogP contribution in [0.15, 0.2) is 72.8 Å². The van der Waals surface area contributed by atoms with Crippen LogP contribution in [0.4, 0.5) is 0 Å². The summed E-state index contributed by atoms with van der Waals surface area (Å²) in [6.07, 6.45) is 0. The minimum atomic E-state index is -1.99. The van der Waals surface area contributed by atoms with Crippen LogP contribution in [0.3, 0.4) is 0 Å². The van der Waals surface area contributed by atoms with Gasteiger partial charge in [-0.15, -0.1) is 0 Å². The molecule has 1 radical (unpaired) electrons. The SMILES string of the molecule is CC(C)(C)[Si](C)(C)Oc1c(-c2ccccc2)c[c]cc1-c1ccccc1. The van der Waals surface area contributed by atoms with E-state index in [1.54, 1.807) is 0 Å². The van der Waals surface area contributed by atoms with Gasteiger partial charge in [-0.3, -0.25) is 0 Å². The van der Waals surface area contributed by atoms with Crippen molar-refractivity contribution in [2.75, 3.05) is 0 Å². The summed E-state index contributed by atoms with van der Waals surface area (Å²) in [6.45, 7) is 11.4. The van der Waals surface area contributed by atoms with E-state index in [2.05, 4.69) is 88.5 Å². The topological polar surface area (TPSA) is 9.23 Å². The van der Waals surface area contributed by atoms with E-state index in [4.69, 9.17) is 4.43 Å².